The molecule has 5 heteroatoms. The molecule has 0 fully saturated rings. The Hall–Kier alpha value is -2.17. The Bertz CT molecular complexity index is 530. The van der Waals surface area contributed by atoms with Gasteiger partial charge in [-0.15, -0.1) is 0 Å². The Kier molecular flexibility index (Phi) is 4.28. The summed E-state index contributed by atoms with van der Waals surface area (Å²) >= 11 is 0. The maximum absolute atomic E-state index is 13.5. The van der Waals surface area contributed by atoms with E-state index in [0.29, 0.717) is 12.5 Å². The molecule has 1 unspecified atom stereocenters. The van der Waals surface area contributed by atoms with Crippen LogP contribution in [-0.4, -0.2) is 23.6 Å². The van der Waals surface area contributed by atoms with Gasteiger partial charge in [0.2, 0.25) is 5.95 Å². The number of nitrogens with one attached hydrogen (secondary N) is 2. The maximum atomic E-state index is 13.5. The lowest BCUT2D eigenvalue weighted by Gasteiger charge is -2.14. The summed E-state index contributed by atoms with van der Waals surface area (Å²) in [6.07, 6.45) is 1.16. The predicted octanol–water partition coefficient (Wildman–Crippen LogP) is 2.87. The van der Waals surface area contributed by atoms with Gasteiger partial charge < -0.3 is 10.6 Å². The van der Waals surface area contributed by atoms with Crippen molar-refractivity contribution in [3.63, 3.8) is 0 Å². The van der Waals surface area contributed by atoms with Gasteiger partial charge in [0.25, 0.3) is 0 Å². The smallest absolute Gasteiger partial charge is 0.224 e. The molecule has 0 saturated carbocycles. The van der Waals surface area contributed by atoms with Gasteiger partial charge in [-0.3, -0.25) is 0 Å². The average Bonchev–Trinajstić information content (AvgIpc) is 2.47. The second-order valence-electron chi connectivity index (χ2n) is 4.33. The van der Waals surface area contributed by atoms with E-state index in [1.807, 2.05) is 18.2 Å². The highest BCUT2D eigenvalue weighted by Crippen LogP contribution is 2.17. The summed E-state index contributed by atoms with van der Waals surface area (Å²) in [5, 5.41) is 5.80. The molecule has 0 radical (unpaired) electrons. The predicted molar refractivity (Wildman–Crippen MR) is 74.9 cm³/mol. The summed E-state index contributed by atoms with van der Waals surface area (Å²) in [4.78, 5) is 7.85. The fourth-order valence-corrected chi connectivity index (χ4v) is 1.76. The Balaban J connectivity index is 2.02. The van der Waals surface area contributed by atoms with Crippen LogP contribution < -0.4 is 10.6 Å². The Labute approximate surface area is 112 Å². The normalized spacial score (nSPS) is 11.9. The van der Waals surface area contributed by atoms with Crippen LogP contribution in [0, 0.1) is 5.82 Å². The molecule has 0 saturated heterocycles. The SMILES string of the molecule is CNc1ncc(F)c(NCC(C)c2ccccc2)n1. The van der Waals surface area contributed by atoms with Crippen molar-refractivity contribution in [2.24, 2.45) is 0 Å². The maximum Gasteiger partial charge on any atom is 0.224 e. The van der Waals surface area contributed by atoms with Crippen LogP contribution in [0.1, 0.15) is 18.4 Å². The standard InChI is InChI=1S/C14H17FN4/c1-10(11-6-4-3-5-7-11)8-17-13-12(15)9-18-14(16-2)19-13/h3-7,9-10H,8H2,1-2H3,(H2,16,17,18,19). The lowest BCUT2D eigenvalue weighted by Crippen LogP contribution is -2.13. The third-order valence-electron chi connectivity index (χ3n) is 2.91. The third kappa shape index (κ3) is 3.40. The summed E-state index contributed by atoms with van der Waals surface area (Å²) in [5.41, 5.74) is 1.21. The quantitative estimate of drug-likeness (QED) is 0.868. The minimum Gasteiger partial charge on any atom is -0.367 e. The van der Waals surface area contributed by atoms with Crippen LogP contribution in [0.4, 0.5) is 16.2 Å². The van der Waals surface area contributed by atoms with Gasteiger partial charge in [0.1, 0.15) is 0 Å². The largest absolute Gasteiger partial charge is 0.367 e. The molecule has 0 amide bonds. The average molecular weight is 260 g/mol. The number of nitrogens with zero attached hydrogens (tertiary/aromatic N) is 2. The minimum atomic E-state index is -0.445. The molecule has 0 spiro atoms. The molecule has 1 aromatic heterocycles. The van der Waals surface area contributed by atoms with Crippen LogP contribution in [0.3, 0.4) is 0 Å². The molecule has 19 heavy (non-hydrogen) atoms. The monoisotopic (exact) mass is 260 g/mol. The van der Waals surface area contributed by atoms with E-state index in [4.69, 9.17) is 0 Å². The number of benzene rings is 1. The van der Waals surface area contributed by atoms with E-state index in [1.54, 1.807) is 7.05 Å². The number of aromatic nitrogens is 2. The number of rotatable bonds is 5. The van der Waals surface area contributed by atoms with Crippen molar-refractivity contribution in [2.45, 2.75) is 12.8 Å². The molecule has 0 aliphatic rings. The van der Waals surface area contributed by atoms with Crippen molar-refractivity contribution in [2.75, 3.05) is 24.2 Å². The van der Waals surface area contributed by atoms with Gasteiger partial charge in [-0.25, -0.2) is 9.37 Å². The van der Waals surface area contributed by atoms with Crippen LogP contribution in [0.25, 0.3) is 0 Å². The molecular weight excluding hydrogens is 243 g/mol. The zero-order chi connectivity index (χ0) is 13.7. The number of anilines is 2. The van der Waals surface area contributed by atoms with E-state index in [2.05, 4.69) is 39.7 Å². The van der Waals surface area contributed by atoms with Crippen LogP contribution in [0.15, 0.2) is 36.5 Å². The highest BCUT2D eigenvalue weighted by atomic mass is 19.1. The number of hydrogen-bond donors (Lipinski definition) is 2. The molecule has 0 bridgehead atoms. The highest BCUT2D eigenvalue weighted by Gasteiger charge is 2.09. The van der Waals surface area contributed by atoms with Gasteiger partial charge >= 0.3 is 0 Å². The Morgan fingerprint density at radius 2 is 2.00 bits per heavy atom. The molecule has 4 nitrogen and oxygen atoms in total. The number of hydrogen-bond acceptors (Lipinski definition) is 4. The van der Waals surface area contributed by atoms with Gasteiger partial charge in [0.05, 0.1) is 6.20 Å². The van der Waals surface area contributed by atoms with Crippen LogP contribution in [-0.2, 0) is 0 Å². The third-order valence-corrected chi connectivity index (χ3v) is 2.91. The summed E-state index contributed by atoms with van der Waals surface area (Å²) in [6.45, 7) is 2.70. The molecule has 1 heterocycles. The first kappa shape index (κ1) is 13.3. The van der Waals surface area contributed by atoms with Gasteiger partial charge in [0.15, 0.2) is 11.6 Å². The minimum absolute atomic E-state index is 0.224. The first-order valence-electron chi connectivity index (χ1n) is 6.20. The molecule has 2 N–H and O–H groups in total. The van der Waals surface area contributed by atoms with E-state index in [1.165, 1.54) is 5.56 Å². The first-order chi connectivity index (χ1) is 9.20. The molecule has 2 rings (SSSR count). The second-order valence-corrected chi connectivity index (χ2v) is 4.33. The zero-order valence-electron chi connectivity index (χ0n) is 11.0. The summed E-state index contributed by atoms with van der Waals surface area (Å²) < 4.78 is 13.5. The molecule has 2 aromatic rings. The van der Waals surface area contributed by atoms with Gasteiger partial charge in [-0.2, -0.15) is 4.98 Å². The summed E-state index contributed by atoms with van der Waals surface area (Å²) in [5.74, 6) is 0.450. The Morgan fingerprint density at radius 3 is 2.68 bits per heavy atom. The molecule has 100 valence electrons. The number of halogens is 1. The van der Waals surface area contributed by atoms with E-state index in [-0.39, 0.29) is 11.7 Å². The van der Waals surface area contributed by atoms with Crippen molar-refractivity contribution in [3.8, 4) is 0 Å². The molecule has 0 aliphatic carbocycles. The van der Waals surface area contributed by atoms with E-state index in [0.717, 1.165) is 6.20 Å². The second kappa shape index (κ2) is 6.13. The lowest BCUT2D eigenvalue weighted by molar-refractivity contribution is 0.615. The van der Waals surface area contributed by atoms with Crippen molar-refractivity contribution < 1.29 is 4.39 Å². The zero-order valence-corrected chi connectivity index (χ0v) is 11.0. The van der Waals surface area contributed by atoms with Crippen molar-refractivity contribution >= 4 is 11.8 Å². The topological polar surface area (TPSA) is 49.8 Å². The molecule has 1 aromatic carbocycles. The molecule has 0 aliphatic heterocycles. The summed E-state index contributed by atoms with van der Waals surface area (Å²) in [7, 11) is 1.70. The van der Waals surface area contributed by atoms with Gasteiger partial charge in [0, 0.05) is 13.6 Å². The fourth-order valence-electron chi connectivity index (χ4n) is 1.76. The molecule has 1 atom stereocenters. The van der Waals surface area contributed by atoms with E-state index >= 15 is 0 Å². The van der Waals surface area contributed by atoms with E-state index < -0.39 is 5.82 Å². The van der Waals surface area contributed by atoms with E-state index in [9.17, 15) is 4.39 Å². The summed E-state index contributed by atoms with van der Waals surface area (Å²) in [6, 6.07) is 10.1. The van der Waals surface area contributed by atoms with Crippen LogP contribution in [0.2, 0.25) is 0 Å². The van der Waals surface area contributed by atoms with Crippen LogP contribution in [0.5, 0.6) is 0 Å². The highest BCUT2D eigenvalue weighted by molar-refractivity contribution is 5.41. The van der Waals surface area contributed by atoms with Gasteiger partial charge in [-0.1, -0.05) is 37.3 Å². The Morgan fingerprint density at radius 1 is 1.26 bits per heavy atom. The first-order valence-corrected chi connectivity index (χ1v) is 6.20. The van der Waals surface area contributed by atoms with Crippen molar-refractivity contribution in [3.05, 3.63) is 47.9 Å². The van der Waals surface area contributed by atoms with Crippen molar-refractivity contribution in [1.82, 2.24) is 9.97 Å². The van der Waals surface area contributed by atoms with Crippen LogP contribution >= 0.6 is 0 Å². The van der Waals surface area contributed by atoms with Crippen molar-refractivity contribution in [1.29, 1.82) is 0 Å². The fraction of sp³-hybridized carbons (Fsp3) is 0.286. The molecular formula is C14H17FN4. The van der Waals surface area contributed by atoms with Gasteiger partial charge in [-0.05, 0) is 11.5 Å². The lowest BCUT2D eigenvalue weighted by atomic mass is 10.0.